The van der Waals surface area contributed by atoms with Crippen molar-refractivity contribution in [2.75, 3.05) is 0 Å². The van der Waals surface area contributed by atoms with E-state index in [1.165, 1.54) is 27.1 Å². The Labute approximate surface area is 91.5 Å². The van der Waals surface area contributed by atoms with E-state index in [4.69, 9.17) is 5.73 Å². The van der Waals surface area contributed by atoms with Gasteiger partial charge in [-0.05, 0) is 47.2 Å². The van der Waals surface area contributed by atoms with Crippen LogP contribution in [0.4, 0.5) is 0 Å². The van der Waals surface area contributed by atoms with Gasteiger partial charge < -0.3 is 5.73 Å². The largest absolute Gasteiger partial charge is 0.323 e. The standard InChI is InChI=1S/C10H14BrNS/c1-6-5-7(11)8(13-6)9(12)10(2)3-4-10/h5,9H,3-4,12H2,1-2H3. The molecule has 1 aliphatic rings. The number of hydrogen-bond acceptors (Lipinski definition) is 2. The van der Waals surface area contributed by atoms with E-state index in [0.717, 1.165) is 0 Å². The van der Waals surface area contributed by atoms with Crippen LogP contribution in [0.1, 0.15) is 35.6 Å². The summed E-state index contributed by atoms with van der Waals surface area (Å²) in [7, 11) is 0. The van der Waals surface area contributed by atoms with Crippen LogP contribution in [0, 0.1) is 12.3 Å². The first kappa shape index (κ1) is 9.69. The van der Waals surface area contributed by atoms with Crippen molar-refractivity contribution >= 4 is 27.3 Å². The molecular weight excluding hydrogens is 246 g/mol. The molecule has 0 amide bonds. The monoisotopic (exact) mass is 259 g/mol. The van der Waals surface area contributed by atoms with Gasteiger partial charge >= 0.3 is 0 Å². The molecule has 1 unspecified atom stereocenters. The second kappa shape index (κ2) is 3.07. The minimum absolute atomic E-state index is 0.223. The van der Waals surface area contributed by atoms with Crippen LogP contribution in [0.3, 0.4) is 0 Å². The summed E-state index contributed by atoms with van der Waals surface area (Å²) in [5.74, 6) is 0. The number of aryl methyl sites for hydroxylation is 1. The van der Waals surface area contributed by atoms with Crippen molar-refractivity contribution in [3.05, 3.63) is 20.3 Å². The van der Waals surface area contributed by atoms with Crippen LogP contribution < -0.4 is 5.73 Å². The molecular formula is C10H14BrNS. The zero-order valence-electron chi connectivity index (χ0n) is 7.93. The molecule has 1 atom stereocenters. The van der Waals surface area contributed by atoms with Gasteiger partial charge in [0.05, 0.1) is 0 Å². The fraction of sp³-hybridized carbons (Fsp3) is 0.600. The summed E-state index contributed by atoms with van der Waals surface area (Å²) in [4.78, 5) is 2.65. The molecule has 1 heterocycles. The fourth-order valence-corrected chi connectivity index (χ4v) is 3.61. The first-order valence-corrected chi connectivity index (χ1v) is 6.15. The minimum Gasteiger partial charge on any atom is -0.323 e. The maximum absolute atomic E-state index is 6.23. The summed E-state index contributed by atoms with van der Waals surface area (Å²) in [6.45, 7) is 4.40. The molecule has 2 N–H and O–H groups in total. The van der Waals surface area contributed by atoms with Gasteiger partial charge in [-0.1, -0.05) is 6.92 Å². The first-order valence-electron chi connectivity index (χ1n) is 4.54. The summed E-state index contributed by atoms with van der Waals surface area (Å²) >= 11 is 5.39. The number of rotatable bonds is 2. The summed E-state index contributed by atoms with van der Waals surface area (Å²) in [6.07, 6.45) is 2.55. The van der Waals surface area contributed by atoms with Crippen molar-refractivity contribution in [2.45, 2.75) is 32.7 Å². The normalized spacial score (nSPS) is 21.5. The van der Waals surface area contributed by atoms with E-state index >= 15 is 0 Å². The Balaban J connectivity index is 2.29. The molecule has 1 aromatic heterocycles. The molecule has 0 spiro atoms. The topological polar surface area (TPSA) is 26.0 Å². The minimum atomic E-state index is 0.223. The lowest BCUT2D eigenvalue weighted by Gasteiger charge is -2.17. The molecule has 0 aliphatic heterocycles. The van der Waals surface area contributed by atoms with E-state index in [2.05, 4.69) is 35.8 Å². The predicted molar refractivity (Wildman–Crippen MR) is 61.0 cm³/mol. The molecule has 1 fully saturated rings. The highest BCUT2D eigenvalue weighted by atomic mass is 79.9. The molecule has 1 aromatic rings. The summed E-state index contributed by atoms with van der Waals surface area (Å²) < 4.78 is 1.19. The SMILES string of the molecule is Cc1cc(Br)c(C(N)C2(C)CC2)s1. The lowest BCUT2D eigenvalue weighted by Crippen LogP contribution is -2.19. The lowest BCUT2D eigenvalue weighted by atomic mass is 9.99. The third kappa shape index (κ3) is 1.69. The van der Waals surface area contributed by atoms with Gasteiger partial charge in [-0.2, -0.15) is 0 Å². The van der Waals surface area contributed by atoms with Crippen molar-refractivity contribution in [3.63, 3.8) is 0 Å². The molecule has 0 bridgehead atoms. The van der Waals surface area contributed by atoms with Crippen LogP contribution >= 0.6 is 27.3 Å². The lowest BCUT2D eigenvalue weighted by molar-refractivity contribution is 0.456. The average molecular weight is 260 g/mol. The quantitative estimate of drug-likeness (QED) is 0.863. The van der Waals surface area contributed by atoms with Crippen LogP contribution in [0.15, 0.2) is 10.5 Å². The number of hydrogen-bond donors (Lipinski definition) is 1. The molecule has 1 nitrogen and oxygen atoms in total. The summed E-state index contributed by atoms with van der Waals surface area (Å²) in [5.41, 5.74) is 6.60. The van der Waals surface area contributed by atoms with Gasteiger partial charge in [-0.3, -0.25) is 0 Å². The average Bonchev–Trinajstić information content (AvgIpc) is 2.71. The van der Waals surface area contributed by atoms with Crippen molar-refractivity contribution in [1.82, 2.24) is 0 Å². The number of halogens is 1. The van der Waals surface area contributed by atoms with Gasteiger partial charge in [0.15, 0.2) is 0 Å². The number of thiophene rings is 1. The van der Waals surface area contributed by atoms with Crippen molar-refractivity contribution in [1.29, 1.82) is 0 Å². The Morgan fingerprint density at radius 1 is 1.62 bits per heavy atom. The summed E-state index contributed by atoms with van der Waals surface area (Å²) in [5, 5.41) is 0. The zero-order chi connectivity index (χ0) is 9.64. The van der Waals surface area contributed by atoms with Crippen LogP contribution in [0.2, 0.25) is 0 Å². The van der Waals surface area contributed by atoms with Crippen molar-refractivity contribution < 1.29 is 0 Å². The summed E-state index contributed by atoms with van der Waals surface area (Å²) in [6, 6.07) is 2.38. The second-order valence-corrected chi connectivity index (χ2v) is 6.34. The molecule has 3 heteroatoms. The van der Waals surface area contributed by atoms with Crippen molar-refractivity contribution in [2.24, 2.45) is 11.1 Å². The third-order valence-corrected chi connectivity index (χ3v) is 4.96. The van der Waals surface area contributed by atoms with Crippen LogP contribution in [0.5, 0.6) is 0 Å². The highest BCUT2D eigenvalue weighted by Crippen LogP contribution is 2.55. The Morgan fingerprint density at radius 2 is 2.23 bits per heavy atom. The molecule has 2 rings (SSSR count). The molecule has 72 valence electrons. The molecule has 1 aliphatic carbocycles. The van der Waals surface area contributed by atoms with Gasteiger partial charge in [0.1, 0.15) is 0 Å². The highest BCUT2D eigenvalue weighted by Gasteiger charge is 2.44. The van der Waals surface area contributed by atoms with Crippen molar-refractivity contribution in [3.8, 4) is 0 Å². The van der Waals surface area contributed by atoms with Crippen LogP contribution in [0.25, 0.3) is 0 Å². The molecule has 0 saturated heterocycles. The van der Waals surface area contributed by atoms with Gasteiger partial charge in [0.2, 0.25) is 0 Å². The van der Waals surface area contributed by atoms with Gasteiger partial charge in [0, 0.05) is 20.3 Å². The van der Waals surface area contributed by atoms with Gasteiger partial charge in [-0.15, -0.1) is 11.3 Å². The highest BCUT2D eigenvalue weighted by molar-refractivity contribution is 9.10. The van der Waals surface area contributed by atoms with E-state index in [-0.39, 0.29) is 6.04 Å². The van der Waals surface area contributed by atoms with E-state index < -0.39 is 0 Å². The molecule has 0 aromatic carbocycles. The van der Waals surface area contributed by atoms with Gasteiger partial charge in [0.25, 0.3) is 0 Å². The molecule has 1 saturated carbocycles. The Bertz CT molecular complexity index is 328. The maximum Gasteiger partial charge on any atom is 0.0455 e. The predicted octanol–water partition coefficient (Wildman–Crippen LogP) is 3.62. The van der Waals surface area contributed by atoms with E-state index in [1.54, 1.807) is 0 Å². The number of nitrogens with two attached hydrogens (primary N) is 1. The van der Waals surface area contributed by atoms with E-state index in [1.807, 2.05) is 11.3 Å². The first-order chi connectivity index (χ1) is 6.03. The fourth-order valence-electron chi connectivity index (χ4n) is 1.54. The van der Waals surface area contributed by atoms with E-state index in [9.17, 15) is 0 Å². The van der Waals surface area contributed by atoms with Gasteiger partial charge in [-0.25, -0.2) is 0 Å². The second-order valence-electron chi connectivity index (χ2n) is 4.20. The maximum atomic E-state index is 6.23. The zero-order valence-corrected chi connectivity index (χ0v) is 10.3. The van der Waals surface area contributed by atoms with Crippen LogP contribution in [-0.2, 0) is 0 Å². The van der Waals surface area contributed by atoms with Crippen LogP contribution in [-0.4, -0.2) is 0 Å². The molecule has 13 heavy (non-hydrogen) atoms. The Hall–Kier alpha value is 0.140. The smallest absolute Gasteiger partial charge is 0.0455 e. The van der Waals surface area contributed by atoms with E-state index in [0.29, 0.717) is 5.41 Å². The third-order valence-electron chi connectivity index (χ3n) is 2.91. The molecule has 0 radical (unpaired) electrons. The Kier molecular flexibility index (Phi) is 2.29. The Morgan fingerprint density at radius 3 is 2.62 bits per heavy atom.